The van der Waals surface area contributed by atoms with Gasteiger partial charge in [-0.3, -0.25) is 4.98 Å². The molecule has 0 saturated heterocycles. The standard InChI is InChI=1S/C15H16N4O2/c1-2-9-4-3-6-17-12(9)14-18-11-5-7-16-8-10(11)13(19-14)15(20)21/h3-4,6,16H,2,5,7-8H2,1H3,(H,20,21). The van der Waals surface area contributed by atoms with Crippen molar-refractivity contribution < 1.29 is 9.90 Å². The van der Waals surface area contributed by atoms with Gasteiger partial charge in [0.2, 0.25) is 0 Å². The molecule has 108 valence electrons. The van der Waals surface area contributed by atoms with Crippen LogP contribution in [0.25, 0.3) is 11.5 Å². The van der Waals surface area contributed by atoms with Crippen LogP contribution in [0.5, 0.6) is 0 Å². The quantitative estimate of drug-likeness (QED) is 0.886. The summed E-state index contributed by atoms with van der Waals surface area (Å²) in [6.45, 7) is 3.33. The molecular formula is C15H16N4O2. The van der Waals surface area contributed by atoms with Crippen LogP contribution in [0.3, 0.4) is 0 Å². The fraction of sp³-hybridized carbons (Fsp3) is 0.333. The lowest BCUT2D eigenvalue weighted by molar-refractivity contribution is 0.0688. The molecule has 0 fully saturated rings. The van der Waals surface area contributed by atoms with Gasteiger partial charge >= 0.3 is 5.97 Å². The van der Waals surface area contributed by atoms with Gasteiger partial charge in [0.15, 0.2) is 11.5 Å². The molecule has 2 aromatic heterocycles. The minimum Gasteiger partial charge on any atom is -0.476 e. The van der Waals surface area contributed by atoms with Gasteiger partial charge in [-0.15, -0.1) is 0 Å². The van der Waals surface area contributed by atoms with Crippen molar-refractivity contribution in [1.82, 2.24) is 20.3 Å². The summed E-state index contributed by atoms with van der Waals surface area (Å²) in [6.07, 6.45) is 3.19. The smallest absolute Gasteiger partial charge is 0.354 e. The predicted molar refractivity (Wildman–Crippen MR) is 77.0 cm³/mol. The van der Waals surface area contributed by atoms with Crippen LogP contribution in [0.15, 0.2) is 18.3 Å². The lowest BCUT2D eigenvalue weighted by Gasteiger charge is -2.18. The number of carboxylic acids is 1. The predicted octanol–water partition coefficient (Wildman–Crippen LogP) is 1.44. The van der Waals surface area contributed by atoms with Gasteiger partial charge in [0, 0.05) is 31.3 Å². The Bertz CT molecular complexity index is 700. The molecular weight excluding hydrogens is 268 g/mol. The summed E-state index contributed by atoms with van der Waals surface area (Å²) in [4.78, 5) is 24.6. The molecule has 0 unspecified atom stereocenters. The van der Waals surface area contributed by atoms with Gasteiger partial charge in [-0.05, 0) is 18.1 Å². The Morgan fingerprint density at radius 1 is 1.43 bits per heavy atom. The molecule has 1 aliphatic rings. The van der Waals surface area contributed by atoms with E-state index < -0.39 is 5.97 Å². The van der Waals surface area contributed by atoms with Crippen molar-refractivity contribution in [3.05, 3.63) is 40.8 Å². The van der Waals surface area contributed by atoms with Crippen molar-refractivity contribution in [1.29, 1.82) is 0 Å². The van der Waals surface area contributed by atoms with Gasteiger partial charge in [-0.2, -0.15) is 0 Å². The number of nitrogens with zero attached hydrogens (tertiary/aromatic N) is 3. The minimum absolute atomic E-state index is 0.0786. The third-order valence-corrected chi connectivity index (χ3v) is 3.62. The highest BCUT2D eigenvalue weighted by molar-refractivity contribution is 5.88. The first-order valence-electron chi connectivity index (χ1n) is 6.98. The number of nitrogens with one attached hydrogen (secondary N) is 1. The van der Waals surface area contributed by atoms with Crippen LogP contribution in [0.2, 0.25) is 0 Å². The Kier molecular flexibility index (Phi) is 3.62. The van der Waals surface area contributed by atoms with Crippen LogP contribution in [-0.2, 0) is 19.4 Å². The number of hydrogen-bond acceptors (Lipinski definition) is 5. The maximum Gasteiger partial charge on any atom is 0.354 e. The van der Waals surface area contributed by atoms with Gasteiger partial charge < -0.3 is 10.4 Å². The molecule has 3 rings (SSSR count). The number of carbonyl (C=O) groups is 1. The summed E-state index contributed by atoms with van der Waals surface area (Å²) in [5, 5.41) is 12.6. The maximum atomic E-state index is 11.5. The topological polar surface area (TPSA) is 88.0 Å². The number of rotatable bonds is 3. The molecule has 0 spiro atoms. The monoisotopic (exact) mass is 284 g/mol. The van der Waals surface area contributed by atoms with Crippen LogP contribution >= 0.6 is 0 Å². The first-order valence-corrected chi connectivity index (χ1v) is 6.98. The van der Waals surface area contributed by atoms with Gasteiger partial charge in [0.1, 0.15) is 5.69 Å². The number of aromatic carboxylic acids is 1. The summed E-state index contributed by atoms with van der Waals surface area (Å²) in [7, 11) is 0. The third-order valence-electron chi connectivity index (χ3n) is 3.62. The highest BCUT2D eigenvalue weighted by Crippen LogP contribution is 2.23. The summed E-state index contributed by atoms with van der Waals surface area (Å²) in [5.41, 5.74) is 3.26. The molecule has 0 atom stereocenters. The molecule has 0 saturated carbocycles. The van der Waals surface area contributed by atoms with E-state index in [1.165, 1.54) is 0 Å². The zero-order valence-electron chi connectivity index (χ0n) is 11.8. The molecule has 3 heterocycles. The number of fused-ring (bicyclic) bond motifs is 1. The van der Waals surface area contributed by atoms with Gasteiger partial charge in [-0.1, -0.05) is 13.0 Å². The largest absolute Gasteiger partial charge is 0.476 e. The van der Waals surface area contributed by atoms with Crippen LogP contribution in [0.4, 0.5) is 0 Å². The Morgan fingerprint density at radius 2 is 2.29 bits per heavy atom. The van der Waals surface area contributed by atoms with Gasteiger partial charge in [0.05, 0.1) is 5.69 Å². The van der Waals surface area contributed by atoms with E-state index in [2.05, 4.69) is 20.3 Å². The maximum absolute atomic E-state index is 11.5. The molecule has 0 bridgehead atoms. The molecule has 6 nitrogen and oxygen atoms in total. The zero-order valence-corrected chi connectivity index (χ0v) is 11.8. The van der Waals surface area contributed by atoms with Crippen LogP contribution < -0.4 is 5.32 Å². The number of aryl methyl sites for hydroxylation is 1. The van der Waals surface area contributed by atoms with E-state index in [1.54, 1.807) is 6.20 Å². The molecule has 21 heavy (non-hydrogen) atoms. The minimum atomic E-state index is -1.02. The fourth-order valence-corrected chi connectivity index (χ4v) is 2.55. The van der Waals surface area contributed by atoms with E-state index in [0.29, 0.717) is 30.0 Å². The Labute approximate surface area is 122 Å². The van der Waals surface area contributed by atoms with E-state index >= 15 is 0 Å². The average Bonchev–Trinajstić information content (AvgIpc) is 2.53. The van der Waals surface area contributed by atoms with Crippen molar-refractivity contribution in [3.63, 3.8) is 0 Å². The molecule has 1 aliphatic heterocycles. The Morgan fingerprint density at radius 3 is 3.05 bits per heavy atom. The van der Waals surface area contributed by atoms with Crippen LogP contribution in [0, 0.1) is 0 Å². The molecule has 6 heteroatoms. The normalized spacial score (nSPS) is 13.8. The van der Waals surface area contributed by atoms with Gasteiger partial charge in [0.25, 0.3) is 0 Å². The van der Waals surface area contributed by atoms with Crippen molar-refractivity contribution >= 4 is 5.97 Å². The molecule has 2 aromatic rings. The van der Waals surface area contributed by atoms with E-state index in [1.807, 2.05) is 19.1 Å². The van der Waals surface area contributed by atoms with E-state index in [-0.39, 0.29) is 5.69 Å². The summed E-state index contributed by atoms with van der Waals surface area (Å²) < 4.78 is 0. The van der Waals surface area contributed by atoms with E-state index in [0.717, 1.165) is 24.2 Å². The van der Waals surface area contributed by atoms with Crippen molar-refractivity contribution in [3.8, 4) is 11.5 Å². The summed E-state index contributed by atoms with van der Waals surface area (Å²) in [6, 6.07) is 3.83. The lowest BCUT2D eigenvalue weighted by Crippen LogP contribution is -2.28. The number of pyridine rings is 1. The molecule has 0 aromatic carbocycles. The zero-order chi connectivity index (χ0) is 14.8. The Hall–Kier alpha value is -2.34. The fourth-order valence-electron chi connectivity index (χ4n) is 2.55. The number of carboxylic acid groups (broad SMARTS) is 1. The van der Waals surface area contributed by atoms with Crippen LogP contribution in [0.1, 0.15) is 34.2 Å². The summed E-state index contributed by atoms with van der Waals surface area (Å²) in [5.74, 6) is -0.613. The highest BCUT2D eigenvalue weighted by atomic mass is 16.4. The van der Waals surface area contributed by atoms with Crippen molar-refractivity contribution in [2.75, 3.05) is 6.54 Å². The molecule has 0 radical (unpaired) electrons. The molecule has 0 aliphatic carbocycles. The van der Waals surface area contributed by atoms with Crippen molar-refractivity contribution in [2.24, 2.45) is 0 Å². The number of hydrogen-bond donors (Lipinski definition) is 2. The Balaban J connectivity index is 2.20. The van der Waals surface area contributed by atoms with Crippen LogP contribution in [-0.4, -0.2) is 32.6 Å². The first kappa shape index (κ1) is 13.6. The first-order chi connectivity index (χ1) is 10.2. The lowest BCUT2D eigenvalue weighted by atomic mass is 10.0. The number of aromatic nitrogens is 3. The second-order valence-corrected chi connectivity index (χ2v) is 4.92. The average molecular weight is 284 g/mol. The summed E-state index contributed by atoms with van der Waals surface area (Å²) >= 11 is 0. The van der Waals surface area contributed by atoms with Gasteiger partial charge in [-0.25, -0.2) is 14.8 Å². The van der Waals surface area contributed by atoms with Crippen molar-refractivity contribution in [2.45, 2.75) is 26.3 Å². The SMILES string of the molecule is CCc1cccnc1-c1nc2c(c(C(=O)O)n1)CNCC2. The molecule has 0 amide bonds. The second kappa shape index (κ2) is 5.57. The van der Waals surface area contributed by atoms with E-state index in [4.69, 9.17) is 0 Å². The van der Waals surface area contributed by atoms with E-state index in [9.17, 15) is 9.90 Å². The highest BCUT2D eigenvalue weighted by Gasteiger charge is 2.23. The second-order valence-electron chi connectivity index (χ2n) is 4.92. The third kappa shape index (κ3) is 2.50. The molecule has 2 N–H and O–H groups in total.